The van der Waals surface area contributed by atoms with Gasteiger partial charge in [-0.2, -0.15) is 9.78 Å². The number of hydrogen-bond acceptors (Lipinski definition) is 7. The van der Waals surface area contributed by atoms with Crippen molar-refractivity contribution in [3.05, 3.63) is 59.3 Å². The number of amides is 2. The molecule has 0 bridgehead atoms. The van der Waals surface area contributed by atoms with E-state index < -0.39 is 21.8 Å². The minimum Gasteiger partial charge on any atom is -0.342 e. The average molecular weight is 489 g/mol. The molecule has 4 rings (SSSR count). The number of halogens is 1. The van der Waals surface area contributed by atoms with Crippen molar-refractivity contribution in [1.82, 2.24) is 25.1 Å². The molecule has 0 radical (unpaired) electrons. The molecule has 33 heavy (non-hydrogen) atoms. The minimum absolute atomic E-state index is 0.0117. The van der Waals surface area contributed by atoms with E-state index in [2.05, 4.69) is 25.7 Å². The quantitative estimate of drug-likeness (QED) is 0.521. The molecule has 3 aromatic rings. The Morgan fingerprint density at radius 2 is 1.94 bits per heavy atom. The van der Waals surface area contributed by atoms with Gasteiger partial charge in [-0.3, -0.25) is 9.59 Å². The number of rotatable bonds is 7. The number of anilines is 1. The molecule has 1 fully saturated rings. The second-order valence-electron chi connectivity index (χ2n) is 7.84. The van der Waals surface area contributed by atoms with E-state index in [0.29, 0.717) is 17.3 Å². The van der Waals surface area contributed by atoms with Crippen LogP contribution < -0.4 is 10.6 Å². The van der Waals surface area contributed by atoms with Crippen LogP contribution in [0.5, 0.6) is 0 Å². The topological polar surface area (TPSA) is 136 Å². The van der Waals surface area contributed by atoms with Gasteiger partial charge in [-0.25, -0.2) is 18.4 Å². The Labute approximate surface area is 195 Å². The summed E-state index contributed by atoms with van der Waals surface area (Å²) in [6.07, 6.45) is 5.73. The van der Waals surface area contributed by atoms with Gasteiger partial charge in [-0.1, -0.05) is 11.6 Å². The molecule has 1 atom stereocenters. The Morgan fingerprint density at radius 3 is 2.58 bits per heavy atom. The number of carbonyl (C=O) groups excluding carboxylic acids is 2. The van der Waals surface area contributed by atoms with E-state index in [1.165, 1.54) is 35.4 Å². The summed E-state index contributed by atoms with van der Waals surface area (Å²) in [5.74, 6) is 0.424. The second-order valence-corrected chi connectivity index (χ2v) is 10.3. The summed E-state index contributed by atoms with van der Waals surface area (Å²) in [5, 5.41) is 9.91. The predicted molar refractivity (Wildman–Crippen MR) is 121 cm³/mol. The Balaban J connectivity index is 1.50. The molecular formula is C21H21ClN6O4S. The van der Waals surface area contributed by atoms with Gasteiger partial charge in [0.15, 0.2) is 21.5 Å². The molecule has 2 aromatic heterocycles. The molecule has 0 saturated heterocycles. The zero-order valence-electron chi connectivity index (χ0n) is 17.8. The number of hydrogen-bond donors (Lipinski definition) is 2. The molecule has 2 N–H and O–H groups in total. The lowest BCUT2D eigenvalue weighted by molar-refractivity contribution is -0.117. The number of carbonyl (C=O) groups is 2. The van der Waals surface area contributed by atoms with Gasteiger partial charge in [-0.15, -0.1) is 0 Å². The van der Waals surface area contributed by atoms with Gasteiger partial charge in [-0.05, 0) is 50.1 Å². The van der Waals surface area contributed by atoms with Crippen LogP contribution in [-0.4, -0.2) is 46.2 Å². The smallest absolute Gasteiger partial charge is 0.251 e. The highest BCUT2D eigenvalue weighted by Gasteiger charge is 2.29. The summed E-state index contributed by atoms with van der Waals surface area (Å²) in [4.78, 5) is 33.2. The molecule has 2 amide bonds. The highest BCUT2D eigenvalue weighted by Crippen LogP contribution is 2.30. The zero-order chi connectivity index (χ0) is 23.8. The molecule has 10 nitrogen and oxygen atoms in total. The number of nitrogens with zero attached hydrogens (tertiary/aromatic N) is 4. The Hall–Kier alpha value is -3.31. The van der Waals surface area contributed by atoms with Crippen LogP contribution in [0.1, 0.15) is 42.0 Å². The molecule has 0 aliphatic heterocycles. The maximum absolute atomic E-state index is 12.8. The molecule has 172 valence electrons. The first-order valence-electron chi connectivity index (χ1n) is 10.1. The summed E-state index contributed by atoms with van der Waals surface area (Å²) in [5.41, 5.74) is 0.691. The predicted octanol–water partition coefficient (Wildman–Crippen LogP) is 2.56. The van der Waals surface area contributed by atoms with Crippen LogP contribution in [0, 0.1) is 5.92 Å². The maximum atomic E-state index is 12.8. The molecule has 12 heteroatoms. The highest BCUT2D eigenvalue weighted by atomic mass is 35.5. The number of sulfone groups is 1. The summed E-state index contributed by atoms with van der Waals surface area (Å²) in [7, 11) is -3.53. The van der Waals surface area contributed by atoms with Crippen LogP contribution in [-0.2, 0) is 14.6 Å². The second kappa shape index (κ2) is 8.91. The average Bonchev–Trinajstić information content (AvgIpc) is 3.50. The van der Waals surface area contributed by atoms with Crippen LogP contribution in [0.2, 0.25) is 5.02 Å². The van der Waals surface area contributed by atoms with Gasteiger partial charge in [0, 0.05) is 22.8 Å². The van der Waals surface area contributed by atoms with Crippen molar-refractivity contribution < 1.29 is 18.0 Å². The molecule has 1 saturated carbocycles. The van der Waals surface area contributed by atoms with Gasteiger partial charge in [0.05, 0.1) is 22.8 Å². The van der Waals surface area contributed by atoms with Crippen LogP contribution in [0.25, 0.3) is 5.82 Å². The van der Waals surface area contributed by atoms with Crippen LogP contribution in [0.4, 0.5) is 5.69 Å². The summed E-state index contributed by atoms with van der Waals surface area (Å²) in [6.45, 7) is 1.71. The third-order valence-corrected chi connectivity index (χ3v) is 6.36. The van der Waals surface area contributed by atoms with E-state index in [9.17, 15) is 18.0 Å². The van der Waals surface area contributed by atoms with Crippen LogP contribution >= 0.6 is 11.6 Å². The Bertz CT molecular complexity index is 1320. The van der Waals surface area contributed by atoms with E-state index in [1.807, 2.05) is 0 Å². The number of benzene rings is 1. The van der Waals surface area contributed by atoms with Crippen molar-refractivity contribution in [3.8, 4) is 5.82 Å². The van der Waals surface area contributed by atoms with E-state index in [1.54, 1.807) is 19.1 Å². The molecular weight excluding hydrogens is 468 g/mol. The molecule has 1 aliphatic carbocycles. The van der Waals surface area contributed by atoms with Gasteiger partial charge in [0.1, 0.15) is 6.33 Å². The minimum atomic E-state index is -3.53. The van der Waals surface area contributed by atoms with E-state index in [-0.39, 0.29) is 27.3 Å². The maximum Gasteiger partial charge on any atom is 0.251 e. The van der Waals surface area contributed by atoms with Gasteiger partial charge >= 0.3 is 0 Å². The van der Waals surface area contributed by atoms with Crippen molar-refractivity contribution >= 4 is 38.9 Å². The summed E-state index contributed by atoms with van der Waals surface area (Å²) >= 11 is 6.00. The Kier molecular flexibility index (Phi) is 6.17. The standard InChI is InChI=1S/C21H21ClN6O4S/c1-12(26-21(30)14-7-15(22)9-17(8-14)33(2,31)32)19-24-11-25-28(19)18-6-5-16(10-23-18)27-20(29)13-3-4-13/h5-13H,3-4H2,1-2H3,(H,26,30)(H,27,29). The van der Waals surface area contributed by atoms with Crippen molar-refractivity contribution in [3.63, 3.8) is 0 Å². The van der Waals surface area contributed by atoms with Crippen LogP contribution in [0.3, 0.4) is 0 Å². The summed E-state index contributed by atoms with van der Waals surface area (Å²) in [6, 6.07) is 6.76. The lowest BCUT2D eigenvalue weighted by Crippen LogP contribution is -2.29. The highest BCUT2D eigenvalue weighted by molar-refractivity contribution is 7.90. The normalized spacial score (nSPS) is 14.5. The fourth-order valence-electron chi connectivity index (χ4n) is 3.15. The Morgan fingerprint density at radius 1 is 1.18 bits per heavy atom. The van der Waals surface area contributed by atoms with E-state index in [0.717, 1.165) is 19.1 Å². The van der Waals surface area contributed by atoms with Crippen molar-refractivity contribution in [1.29, 1.82) is 0 Å². The molecule has 1 unspecified atom stereocenters. The zero-order valence-corrected chi connectivity index (χ0v) is 19.4. The van der Waals surface area contributed by atoms with Gasteiger partial charge in [0.2, 0.25) is 5.91 Å². The van der Waals surface area contributed by atoms with Gasteiger partial charge in [0.25, 0.3) is 5.91 Å². The molecule has 1 aliphatic rings. The van der Waals surface area contributed by atoms with E-state index in [4.69, 9.17) is 11.6 Å². The third kappa shape index (κ3) is 5.37. The molecule has 2 heterocycles. The first-order valence-corrected chi connectivity index (χ1v) is 12.4. The molecule has 1 aromatic carbocycles. The van der Waals surface area contributed by atoms with Crippen molar-refractivity contribution in [2.45, 2.75) is 30.7 Å². The summed E-state index contributed by atoms with van der Waals surface area (Å²) < 4.78 is 25.2. The fraction of sp³-hybridized carbons (Fsp3) is 0.286. The lowest BCUT2D eigenvalue weighted by Gasteiger charge is -2.15. The SMILES string of the molecule is CC(NC(=O)c1cc(Cl)cc(S(C)(=O)=O)c1)c1ncnn1-c1ccc(NC(=O)C2CC2)cn1. The first-order chi connectivity index (χ1) is 15.6. The third-order valence-electron chi connectivity index (χ3n) is 5.05. The van der Waals surface area contributed by atoms with Gasteiger partial charge < -0.3 is 10.6 Å². The number of nitrogens with one attached hydrogen (secondary N) is 2. The first kappa shape index (κ1) is 22.9. The van der Waals surface area contributed by atoms with E-state index >= 15 is 0 Å². The van der Waals surface area contributed by atoms with Crippen molar-refractivity contribution in [2.75, 3.05) is 11.6 Å². The van der Waals surface area contributed by atoms with Crippen LogP contribution in [0.15, 0.2) is 47.8 Å². The van der Waals surface area contributed by atoms with Crippen molar-refractivity contribution in [2.24, 2.45) is 5.92 Å². The fourth-order valence-corrected chi connectivity index (χ4v) is 4.13. The monoisotopic (exact) mass is 488 g/mol. The lowest BCUT2D eigenvalue weighted by atomic mass is 10.2. The number of pyridine rings is 1. The number of aromatic nitrogens is 4. The largest absolute Gasteiger partial charge is 0.342 e. The molecule has 0 spiro atoms.